The molecule has 0 aliphatic carbocycles. The first-order chi connectivity index (χ1) is 13.1. The average molecular weight is 405 g/mol. The van der Waals surface area contributed by atoms with Crippen LogP contribution in [0, 0.1) is 13.8 Å². The van der Waals surface area contributed by atoms with Gasteiger partial charge in [-0.2, -0.15) is 0 Å². The number of carbonyl (C=O) groups is 1. The van der Waals surface area contributed by atoms with Crippen LogP contribution in [0.2, 0.25) is 0 Å². The largest absolute Gasteiger partial charge is 0.494 e. The molecule has 1 atom stereocenters. The number of ether oxygens (including phenoxy) is 1. The van der Waals surface area contributed by atoms with E-state index < -0.39 is 10.0 Å². The number of nitrogens with zero attached hydrogens (tertiary/aromatic N) is 1. The zero-order valence-electron chi connectivity index (χ0n) is 17.0. The number of benzene rings is 2. The van der Waals surface area contributed by atoms with Crippen LogP contribution in [0.3, 0.4) is 0 Å². The molecular formula is C21H28N2O4S. The number of hydrogen-bond donors (Lipinski definition) is 1. The van der Waals surface area contributed by atoms with Crippen LogP contribution in [-0.4, -0.2) is 33.7 Å². The summed E-state index contributed by atoms with van der Waals surface area (Å²) in [6.07, 6.45) is 1.11. The van der Waals surface area contributed by atoms with Crippen molar-refractivity contribution in [2.75, 3.05) is 23.7 Å². The van der Waals surface area contributed by atoms with E-state index in [1.807, 2.05) is 64.1 Å². The Labute approximate surface area is 167 Å². The van der Waals surface area contributed by atoms with E-state index in [9.17, 15) is 13.2 Å². The monoisotopic (exact) mass is 404 g/mol. The molecule has 0 unspecified atom stereocenters. The minimum atomic E-state index is -3.60. The summed E-state index contributed by atoms with van der Waals surface area (Å²) in [5, 5.41) is 2.86. The number of amides is 1. The molecule has 0 aliphatic rings. The summed E-state index contributed by atoms with van der Waals surface area (Å²) in [5.41, 5.74) is 3.26. The number of aryl methyl sites for hydroxylation is 2. The Morgan fingerprint density at radius 2 is 1.79 bits per heavy atom. The predicted molar refractivity (Wildman–Crippen MR) is 112 cm³/mol. The van der Waals surface area contributed by atoms with Crippen molar-refractivity contribution in [1.29, 1.82) is 0 Å². The maximum absolute atomic E-state index is 12.6. The Balaban J connectivity index is 2.13. The minimum Gasteiger partial charge on any atom is -0.494 e. The van der Waals surface area contributed by atoms with Gasteiger partial charge in [-0.1, -0.05) is 29.8 Å². The van der Waals surface area contributed by atoms with Gasteiger partial charge in [-0.3, -0.25) is 9.10 Å². The number of nitrogens with one attached hydrogen (secondary N) is 1. The molecule has 0 spiro atoms. The summed E-state index contributed by atoms with van der Waals surface area (Å²) >= 11 is 0. The van der Waals surface area contributed by atoms with Crippen molar-refractivity contribution >= 4 is 21.6 Å². The number of sulfonamides is 1. The van der Waals surface area contributed by atoms with Crippen LogP contribution < -0.4 is 14.4 Å². The highest BCUT2D eigenvalue weighted by Gasteiger charge is 2.23. The fourth-order valence-corrected chi connectivity index (χ4v) is 3.90. The fraction of sp³-hybridized carbons (Fsp3) is 0.381. The second-order valence-electron chi connectivity index (χ2n) is 6.85. The third kappa shape index (κ3) is 5.73. The van der Waals surface area contributed by atoms with E-state index in [4.69, 9.17) is 4.74 Å². The van der Waals surface area contributed by atoms with Crippen LogP contribution in [0.15, 0.2) is 42.5 Å². The van der Waals surface area contributed by atoms with Crippen LogP contribution in [0.1, 0.15) is 36.6 Å². The SMILES string of the molecule is CCOc1ccc([C@@H](C)NC(=O)CN(c2ccc(C)cc2C)S(C)(=O)=O)cc1. The fourth-order valence-electron chi connectivity index (χ4n) is 2.99. The Kier molecular flexibility index (Phi) is 7.07. The van der Waals surface area contributed by atoms with E-state index >= 15 is 0 Å². The highest BCUT2D eigenvalue weighted by atomic mass is 32.2. The Morgan fingerprint density at radius 1 is 1.14 bits per heavy atom. The number of rotatable bonds is 8. The molecule has 152 valence electrons. The molecule has 1 amide bonds. The molecule has 28 heavy (non-hydrogen) atoms. The smallest absolute Gasteiger partial charge is 0.241 e. The van der Waals surface area contributed by atoms with E-state index in [-0.39, 0.29) is 18.5 Å². The molecule has 2 aromatic rings. The van der Waals surface area contributed by atoms with Crippen LogP contribution >= 0.6 is 0 Å². The second kappa shape index (κ2) is 9.10. The second-order valence-corrected chi connectivity index (χ2v) is 8.76. The van der Waals surface area contributed by atoms with Gasteiger partial charge in [0.1, 0.15) is 12.3 Å². The van der Waals surface area contributed by atoms with Gasteiger partial charge >= 0.3 is 0 Å². The molecule has 0 aromatic heterocycles. The molecule has 6 nitrogen and oxygen atoms in total. The van der Waals surface area contributed by atoms with Crippen molar-refractivity contribution in [2.45, 2.75) is 33.7 Å². The van der Waals surface area contributed by atoms with Gasteiger partial charge in [-0.25, -0.2) is 8.42 Å². The van der Waals surface area contributed by atoms with E-state index in [0.717, 1.165) is 33.0 Å². The first-order valence-corrected chi connectivity index (χ1v) is 11.0. The van der Waals surface area contributed by atoms with Crippen LogP contribution in [-0.2, 0) is 14.8 Å². The van der Waals surface area contributed by atoms with Crippen molar-refractivity contribution in [2.24, 2.45) is 0 Å². The highest BCUT2D eigenvalue weighted by Crippen LogP contribution is 2.24. The summed E-state index contributed by atoms with van der Waals surface area (Å²) in [6.45, 7) is 7.86. The molecular weight excluding hydrogens is 376 g/mol. The van der Waals surface area contributed by atoms with E-state index in [1.54, 1.807) is 6.07 Å². The third-order valence-electron chi connectivity index (χ3n) is 4.38. The number of anilines is 1. The zero-order chi connectivity index (χ0) is 20.9. The van der Waals surface area contributed by atoms with Crippen molar-refractivity contribution in [3.05, 3.63) is 59.2 Å². The normalized spacial score (nSPS) is 12.3. The zero-order valence-corrected chi connectivity index (χ0v) is 17.8. The van der Waals surface area contributed by atoms with Crippen LogP contribution in [0.25, 0.3) is 0 Å². The topological polar surface area (TPSA) is 75.7 Å². The van der Waals surface area contributed by atoms with E-state index in [0.29, 0.717) is 12.3 Å². The summed E-state index contributed by atoms with van der Waals surface area (Å²) in [7, 11) is -3.60. The molecule has 7 heteroatoms. The molecule has 0 bridgehead atoms. The summed E-state index contributed by atoms with van der Waals surface area (Å²) in [6, 6.07) is 12.7. The van der Waals surface area contributed by atoms with Crippen molar-refractivity contribution in [3.63, 3.8) is 0 Å². The molecule has 2 rings (SSSR count). The van der Waals surface area contributed by atoms with Crippen molar-refractivity contribution < 1.29 is 17.9 Å². The van der Waals surface area contributed by atoms with Gasteiger partial charge in [-0.15, -0.1) is 0 Å². The van der Waals surface area contributed by atoms with Gasteiger partial charge in [0.2, 0.25) is 15.9 Å². The Bertz CT molecular complexity index is 924. The number of hydrogen-bond acceptors (Lipinski definition) is 4. The predicted octanol–water partition coefficient (Wildman–Crippen LogP) is 3.35. The van der Waals surface area contributed by atoms with Gasteiger partial charge in [-0.05, 0) is 57.0 Å². The van der Waals surface area contributed by atoms with Crippen LogP contribution in [0.5, 0.6) is 5.75 Å². The van der Waals surface area contributed by atoms with E-state index in [2.05, 4.69) is 5.32 Å². The van der Waals surface area contributed by atoms with Gasteiger partial charge in [0.05, 0.1) is 24.6 Å². The number of carbonyl (C=O) groups excluding carboxylic acids is 1. The summed E-state index contributed by atoms with van der Waals surface area (Å²) in [4.78, 5) is 12.6. The molecule has 0 saturated carbocycles. The van der Waals surface area contributed by atoms with E-state index in [1.165, 1.54) is 0 Å². The summed E-state index contributed by atoms with van der Waals surface area (Å²) in [5.74, 6) is 0.398. The van der Waals surface area contributed by atoms with Crippen molar-refractivity contribution in [1.82, 2.24) is 5.32 Å². The lowest BCUT2D eigenvalue weighted by Crippen LogP contribution is -2.41. The molecule has 0 heterocycles. The van der Waals surface area contributed by atoms with Gasteiger partial charge in [0.15, 0.2) is 0 Å². The lowest BCUT2D eigenvalue weighted by Gasteiger charge is -2.25. The van der Waals surface area contributed by atoms with Crippen LogP contribution in [0.4, 0.5) is 5.69 Å². The molecule has 0 radical (unpaired) electrons. The Morgan fingerprint density at radius 3 is 2.32 bits per heavy atom. The molecule has 0 saturated heterocycles. The maximum atomic E-state index is 12.6. The van der Waals surface area contributed by atoms with Gasteiger partial charge < -0.3 is 10.1 Å². The van der Waals surface area contributed by atoms with Gasteiger partial charge in [0.25, 0.3) is 0 Å². The first kappa shape index (κ1) is 21.8. The molecule has 0 aliphatic heterocycles. The highest BCUT2D eigenvalue weighted by molar-refractivity contribution is 7.92. The minimum absolute atomic E-state index is 0.260. The molecule has 2 aromatic carbocycles. The molecule has 1 N–H and O–H groups in total. The quantitative estimate of drug-likeness (QED) is 0.732. The standard InChI is InChI=1S/C21H28N2O4S/c1-6-27-19-10-8-18(9-11-19)17(4)22-21(24)14-23(28(5,25)26)20-12-7-15(2)13-16(20)3/h7-13,17H,6,14H2,1-5H3,(H,22,24)/t17-/m1/s1. The first-order valence-electron chi connectivity index (χ1n) is 9.19. The third-order valence-corrected chi connectivity index (χ3v) is 5.50. The van der Waals surface area contributed by atoms with Crippen molar-refractivity contribution in [3.8, 4) is 5.75 Å². The molecule has 0 fully saturated rings. The Hall–Kier alpha value is -2.54. The lowest BCUT2D eigenvalue weighted by atomic mass is 10.1. The van der Waals surface area contributed by atoms with Gasteiger partial charge in [0, 0.05) is 0 Å². The lowest BCUT2D eigenvalue weighted by molar-refractivity contribution is -0.120. The average Bonchev–Trinajstić information content (AvgIpc) is 2.60. The summed E-state index contributed by atoms with van der Waals surface area (Å²) < 4.78 is 31.1. The maximum Gasteiger partial charge on any atom is 0.241 e.